The SMILES string of the molecule is CCC(Nc1sc(C(=O)C(C)C)c(N)c1C1CC1)C(C)C. The number of nitrogens with two attached hydrogens (primary N) is 1. The van der Waals surface area contributed by atoms with Crippen LogP contribution in [0.2, 0.25) is 0 Å². The van der Waals surface area contributed by atoms with E-state index in [2.05, 4.69) is 26.1 Å². The van der Waals surface area contributed by atoms with Crippen molar-refractivity contribution in [2.45, 2.75) is 65.8 Å². The Morgan fingerprint density at radius 3 is 2.38 bits per heavy atom. The van der Waals surface area contributed by atoms with Crippen LogP contribution in [-0.4, -0.2) is 11.8 Å². The van der Waals surface area contributed by atoms with Crippen LogP contribution in [-0.2, 0) is 0 Å². The summed E-state index contributed by atoms with van der Waals surface area (Å²) >= 11 is 1.57. The number of carbonyl (C=O) groups excluding carboxylic acids is 1. The molecule has 1 unspecified atom stereocenters. The van der Waals surface area contributed by atoms with Crippen molar-refractivity contribution in [3.05, 3.63) is 10.4 Å². The van der Waals surface area contributed by atoms with E-state index >= 15 is 0 Å². The summed E-state index contributed by atoms with van der Waals surface area (Å²) in [6.45, 7) is 10.5. The minimum Gasteiger partial charge on any atom is -0.397 e. The molecule has 1 aliphatic carbocycles. The third kappa shape index (κ3) is 3.42. The number of nitrogens with one attached hydrogen (secondary N) is 1. The third-order valence-electron chi connectivity index (χ3n) is 4.28. The molecular weight excluding hydrogens is 280 g/mol. The van der Waals surface area contributed by atoms with Crippen LogP contribution in [0.5, 0.6) is 0 Å². The van der Waals surface area contributed by atoms with Gasteiger partial charge in [0.1, 0.15) is 0 Å². The molecule has 0 spiro atoms. The fourth-order valence-electron chi connectivity index (χ4n) is 2.69. The summed E-state index contributed by atoms with van der Waals surface area (Å²) in [6.07, 6.45) is 3.47. The quantitative estimate of drug-likeness (QED) is 0.705. The Labute approximate surface area is 132 Å². The molecule has 21 heavy (non-hydrogen) atoms. The van der Waals surface area contributed by atoms with Crippen molar-refractivity contribution in [1.82, 2.24) is 0 Å². The number of carbonyl (C=O) groups is 1. The van der Waals surface area contributed by atoms with E-state index in [1.165, 1.54) is 18.4 Å². The molecule has 0 aromatic carbocycles. The van der Waals surface area contributed by atoms with Gasteiger partial charge in [-0.2, -0.15) is 0 Å². The molecule has 3 N–H and O–H groups in total. The fraction of sp³-hybridized carbons (Fsp3) is 0.706. The molecule has 0 radical (unpaired) electrons. The van der Waals surface area contributed by atoms with Gasteiger partial charge in [0.15, 0.2) is 5.78 Å². The van der Waals surface area contributed by atoms with Crippen LogP contribution in [0.4, 0.5) is 10.7 Å². The first kappa shape index (κ1) is 16.3. The van der Waals surface area contributed by atoms with Crippen LogP contribution in [0.15, 0.2) is 0 Å². The maximum Gasteiger partial charge on any atom is 0.177 e. The minimum atomic E-state index is -0.00192. The van der Waals surface area contributed by atoms with Crippen molar-refractivity contribution in [2.75, 3.05) is 11.1 Å². The van der Waals surface area contributed by atoms with E-state index in [0.717, 1.165) is 22.0 Å². The third-order valence-corrected chi connectivity index (χ3v) is 5.45. The van der Waals surface area contributed by atoms with E-state index in [-0.39, 0.29) is 11.7 Å². The molecule has 1 atom stereocenters. The van der Waals surface area contributed by atoms with Crippen LogP contribution in [0.3, 0.4) is 0 Å². The molecule has 1 fully saturated rings. The van der Waals surface area contributed by atoms with Gasteiger partial charge in [-0.1, -0.05) is 34.6 Å². The first-order chi connectivity index (χ1) is 9.86. The number of hydrogen-bond acceptors (Lipinski definition) is 4. The fourth-order valence-corrected chi connectivity index (χ4v) is 4.05. The molecule has 1 aliphatic rings. The number of anilines is 2. The predicted molar refractivity (Wildman–Crippen MR) is 92.4 cm³/mol. The lowest BCUT2D eigenvalue weighted by atomic mass is 10.0. The van der Waals surface area contributed by atoms with E-state index in [1.807, 2.05) is 13.8 Å². The van der Waals surface area contributed by atoms with Gasteiger partial charge in [0.2, 0.25) is 0 Å². The van der Waals surface area contributed by atoms with Gasteiger partial charge in [0, 0.05) is 17.5 Å². The second kappa shape index (κ2) is 6.39. The molecule has 0 bridgehead atoms. The topological polar surface area (TPSA) is 55.1 Å². The first-order valence-electron chi connectivity index (χ1n) is 8.09. The van der Waals surface area contributed by atoms with E-state index < -0.39 is 0 Å². The van der Waals surface area contributed by atoms with Gasteiger partial charge in [0.05, 0.1) is 15.6 Å². The monoisotopic (exact) mass is 308 g/mol. The lowest BCUT2D eigenvalue weighted by molar-refractivity contribution is 0.0944. The maximum atomic E-state index is 12.4. The van der Waals surface area contributed by atoms with Crippen molar-refractivity contribution in [3.8, 4) is 0 Å². The number of rotatable bonds is 7. The molecule has 0 amide bonds. The molecule has 1 saturated carbocycles. The Kier molecular flexibility index (Phi) is 4.97. The van der Waals surface area contributed by atoms with E-state index in [0.29, 0.717) is 17.9 Å². The van der Waals surface area contributed by atoms with Crippen LogP contribution in [0.1, 0.15) is 75.0 Å². The highest BCUT2D eigenvalue weighted by molar-refractivity contribution is 7.18. The molecule has 0 aliphatic heterocycles. The van der Waals surface area contributed by atoms with Crippen LogP contribution < -0.4 is 11.1 Å². The van der Waals surface area contributed by atoms with E-state index in [1.54, 1.807) is 11.3 Å². The van der Waals surface area contributed by atoms with Gasteiger partial charge < -0.3 is 11.1 Å². The van der Waals surface area contributed by atoms with Gasteiger partial charge in [-0.3, -0.25) is 4.79 Å². The molecule has 4 heteroatoms. The molecule has 1 aromatic heterocycles. The van der Waals surface area contributed by atoms with Gasteiger partial charge in [0.25, 0.3) is 0 Å². The Bertz CT molecular complexity index is 515. The molecule has 3 nitrogen and oxygen atoms in total. The van der Waals surface area contributed by atoms with Crippen LogP contribution in [0.25, 0.3) is 0 Å². The second-order valence-corrected chi connectivity index (χ2v) is 7.80. The summed E-state index contributed by atoms with van der Waals surface area (Å²) in [5, 5.41) is 4.80. The molecule has 2 rings (SSSR count). The Hall–Kier alpha value is -1.03. The highest BCUT2D eigenvalue weighted by Gasteiger charge is 2.33. The number of Topliss-reactive ketones (excluding diaryl/α,β-unsaturated/α-hetero) is 1. The zero-order valence-electron chi connectivity index (χ0n) is 13.8. The summed E-state index contributed by atoms with van der Waals surface area (Å²) in [6, 6.07) is 0.433. The Balaban J connectivity index is 2.35. The highest BCUT2D eigenvalue weighted by atomic mass is 32.1. The van der Waals surface area contributed by atoms with Crippen molar-refractivity contribution in [3.63, 3.8) is 0 Å². The zero-order chi connectivity index (χ0) is 15.7. The van der Waals surface area contributed by atoms with E-state index in [9.17, 15) is 4.79 Å². The average molecular weight is 308 g/mol. The van der Waals surface area contributed by atoms with Gasteiger partial charge in [-0.25, -0.2) is 0 Å². The highest BCUT2D eigenvalue weighted by Crippen LogP contribution is 2.51. The molecular formula is C17H28N2OS. The summed E-state index contributed by atoms with van der Waals surface area (Å²) in [4.78, 5) is 13.1. The second-order valence-electron chi connectivity index (χ2n) is 6.78. The summed E-state index contributed by atoms with van der Waals surface area (Å²) in [7, 11) is 0. The lowest BCUT2D eigenvalue weighted by Gasteiger charge is -2.22. The Morgan fingerprint density at radius 2 is 1.95 bits per heavy atom. The largest absolute Gasteiger partial charge is 0.397 e. The zero-order valence-corrected chi connectivity index (χ0v) is 14.6. The molecule has 118 valence electrons. The van der Waals surface area contributed by atoms with Gasteiger partial charge in [-0.05, 0) is 31.1 Å². The van der Waals surface area contributed by atoms with Crippen molar-refractivity contribution in [2.24, 2.45) is 11.8 Å². The number of hydrogen-bond donors (Lipinski definition) is 2. The van der Waals surface area contributed by atoms with Crippen molar-refractivity contribution < 1.29 is 4.79 Å². The molecule has 1 aromatic rings. The number of thiophene rings is 1. The van der Waals surface area contributed by atoms with Crippen LogP contribution >= 0.6 is 11.3 Å². The van der Waals surface area contributed by atoms with Crippen molar-refractivity contribution >= 4 is 27.8 Å². The van der Waals surface area contributed by atoms with Gasteiger partial charge in [-0.15, -0.1) is 11.3 Å². The summed E-state index contributed by atoms with van der Waals surface area (Å²) in [5.74, 6) is 1.29. The summed E-state index contributed by atoms with van der Waals surface area (Å²) < 4.78 is 0. The Morgan fingerprint density at radius 1 is 1.33 bits per heavy atom. The average Bonchev–Trinajstić information content (AvgIpc) is 3.19. The van der Waals surface area contributed by atoms with Crippen molar-refractivity contribution in [1.29, 1.82) is 0 Å². The summed E-state index contributed by atoms with van der Waals surface area (Å²) in [5.41, 5.74) is 8.28. The lowest BCUT2D eigenvalue weighted by Crippen LogP contribution is -2.24. The normalized spacial score (nSPS) is 16.5. The maximum absolute atomic E-state index is 12.4. The van der Waals surface area contributed by atoms with Crippen LogP contribution in [0, 0.1) is 11.8 Å². The molecule has 0 saturated heterocycles. The standard InChI is InChI=1S/C17H28N2OS/c1-6-12(9(2)3)19-17-13(11-7-8-11)14(18)16(21-17)15(20)10(4)5/h9-12,19H,6-8,18H2,1-5H3. The number of ketones is 1. The molecule has 1 heterocycles. The number of nitrogen functional groups attached to an aromatic ring is 1. The predicted octanol–water partition coefficient (Wildman–Crippen LogP) is 4.89. The van der Waals surface area contributed by atoms with Gasteiger partial charge >= 0.3 is 0 Å². The first-order valence-corrected chi connectivity index (χ1v) is 8.91. The van der Waals surface area contributed by atoms with E-state index in [4.69, 9.17) is 5.73 Å². The minimum absolute atomic E-state index is 0.00192. The smallest absolute Gasteiger partial charge is 0.177 e.